The summed E-state index contributed by atoms with van der Waals surface area (Å²) in [5.74, 6) is -0.0824. The maximum absolute atomic E-state index is 12.2. The number of nitrogens with zero attached hydrogens (tertiary/aromatic N) is 3. The van der Waals surface area contributed by atoms with Crippen LogP contribution < -0.4 is 5.32 Å². The van der Waals surface area contributed by atoms with Gasteiger partial charge in [-0.3, -0.25) is 4.79 Å². The van der Waals surface area contributed by atoms with Gasteiger partial charge in [-0.05, 0) is 41.1 Å². The molecule has 0 saturated carbocycles. The third-order valence-electron chi connectivity index (χ3n) is 2.51. The van der Waals surface area contributed by atoms with Crippen LogP contribution in [0.15, 0.2) is 38.6 Å². The van der Waals surface area contributed by atoms with Gasteiger partial charge in [0.05, 0.1) is 10.9 Å². The molecule has 1 amide bonds. The Morgan fingerprint density at radius 2 is 2.20 bits per heavy atom. The lowest BCUT2D eigenvalue weighted by molar-refractivity contribution is -0.115. The SMILES string of the molecule is CC(Sc1nncn1C)C(=O)Nc1ccc(Br)cc1Br. The minimum absolute atomic E-state index is 0.0824. The first kappa shape index (κ1) is 15.5. The molecule has 0 spiro atoms. The van der Waals surface area contributed by atoms with E-state index in [4.69, 9.17) is 0 Å². The molecule has 0 aliphatic heterocycles. The van der Waals surface area contributed by atoms with E-state index in [-0.39, 0.29) is 11.2 Å². The van der Waals surface area contributed by atoms with Crippen LogP contribution in [0.3, 0.4) is 0 Å². The second-order valence-electron chi connectivity index (χ2n) is 4.10. The number of carbonyl (C=O) groups is 1. The predicted molar refractivity (Wildman–Crippen MR) is 86.8 cm³/mol. The third-order valence-corrected chi connectivity index (χ3v) is 4.81. The van der Waals surface area contributed by atoms with Crippen LogP contribution in [-0.2, 0) is 11.8 Å². The number of thioether (sulfide) groups is 1. The molecule has 1 heterocycles. The van der Waals surface area contributed by atoms with Gasteiger partial charge in [0.2, 0.25) is 5.91 Å². The number of rotatable bonds is 4. The Bertz CT molecular complexity index is 632. The number of amides is 1. The second kappa shape index (κ2) is 6.73. The molecule has 0 aliphatic carbocycles. The van der Waals surface area contributed by atoms with Gasteiger partial charge in [0.15, 0.2) is 5.16 Å². The van der Waals surface area contributed by atoms with E-state index in [9.17, 15) is 4.79 Å². The molecule has 8 heteroatoms. The molecule has 0 bridgehead atoms. The fraction of sp³-hybridized carbons (Fsp3) is 0.250. The lowest BCUT2D eigenvalue weighted by Gasteiger charge is -2.12. The fourth-order valence-corrected chi connectivity index (χ4v) is 3.35. The summed E-state index contributed by atoms with van der Waals surface area (Å²) in [5.41, 5.74) is 0.739. The van der Waals surface area contributed by atoms with Gasteiger partial charge in [-0.2, -0.15) is 0 Å². The highest BCUT2D eigenvalue weighted by Crippen LogP contribution is 2.27. The van der Waals surface area contributed by atoms with Crippen molar-refractivity contribution in [2.75, 3.05) is 5.32 Å². The highest BCUT2D eigenvalue weighted by molar-refractivity contribution is 9.11. The highest BCUT2D eigenvalue weighted by Gasteiger charge is 2.18. The molecule has 20 heavy (non-hydrogen) atoms. The first-order valence-corrected chi connectivity index (χ1v) is 8.20. The number of aryl methyl sites for hydroxylation is 1. The van der Waals surface area contributed by atoms with Crippen molar-refractivity contribution in [1.29, 1.82) is 0 Å². The van der Waals surface area contributed by atoms with E-state index < -0.39 is 0 Å². The van der Waals surface area contributed by atoms with Crippen LogP contribution >= 0.6 is 43.6 Å². The van der Waals surface area contributed by atoms with Crippen molar-refractivity contribution in [3.8, 4) is 0 Å². The van der Waals surface area contributed by atoms with Gasteiger partial charge in [-0.15, -0.1) is 10.2 Å². The molecule has 5 nitrogen and oxygen atoms in total. The summed E-state index contributed by atoms with van der Waals surface area (Å²) < 4.78 is 3.56. The van der Waals surface area contributed by atoms with Gasteiger partial charge in [0.25, 0.3) is 0 Å². The maximum atomic E-state index is 12.2. The lowest BCUT2D eigenvalue weighted by Crippen LogP contribution is -2.23. The average Bonchev–Trinajstić information content (AvgIpc) is 2.78. The summed E-state index contributed by atoms with van der Waals surface area (Å²) in [6.45, 7) is 1.83. The van der Waals surface area contributed by atoms with Gasteiger partial charge in [0, 0.05) is 16.0 Å². The Morgan fingerprint density at radius 1 is 1.45 bits per heavy atom. The summed E-state index contributed by atoms with van der Waals surface area (Å²) in [7, 11) is 1.85. The normalized spacial score (nSPS) is 12.2. The molecule has 0 fully saturated rings. The Labute approximate surface area is 137 Å². The molecule has 1 aromatic carbocycles. The predicted octanol–water partition coefficient (Wildman–Crippen LogP) is 3.46. The number of anilines is 1. The average molecular weight is 420 g/mol. The van der Waals surface area contributed by atoms with Crippen molar-refractivity contribution in [3.63, 3.8) is 0 Å². The molecule has 1 N–H and O–H groups in total. The maximum Gasteiger partial charge on any atom is 0.237 e. The Balaban J connectivity index is 2.02. The van der Waals surface area contributed by atoms with Gasteiger partial charge >= 0.3 is 0 Å². The van der Waals surface area contributed by atoms with Gasteiger partial charge in [-0.1, -0.05) is 27.7 Å². The van der Waals surface area contributed by atoms with Crippen LogP contribution in [0.1, 0.15) is 6.92 Å². The Morgan fingerprint density at radius 3 is 2.80 bits per heavy atom. The zero-order valence-corrected chi connectivity index (χ0v) is 14.8. The van der Waals surface area contributed by atoms with Gasteiger partial charge < -0.3 is 9.88 Å². The largest absolute Gasteiger partial charge is 0.324 e. The molecule has 1 aromatic heterocycles. The number of hydrogen-bond acceptors (Lipinski definition) is 4. The van der Waals surface area contributed by atoms with Crippen molar-refractivity contribution in [2.24, 2.45) is 7.05 Å². The molecular weight excluding hydrogens is 408 g/mol. The number of halogens is 2. The van der Waals surface area contributed by atoms with E-state index >= 15 is 0 Å². The standard InChI is InChI=1S/C12H12Br2N4OS/c1-7(20-12-17-15-6-18(12)2)11(19)16-10-4-3-8(13)5-9(10)14/h3-7H,1-2H3,(H,16,19). The zero-order chi connectivity index (χ0) is 14.7. The van der Waals surface area contributed by atoms with E-state index in [0.29, 0.717) is 5.16 Å². The quantitative estimate of drug-likeness (QED) is 0.771. The van der Waals surface area contributed by atoms with Crippen LogP contribution in [0, 0.1) is 0 Å². The van der Waals surface area contributed by atoms with Crippen molar-refractivity contribution in [1.82, 2.24) is 14.8 Å². The molecule has 2 rings (SSSR count). The zero-order valence-electron chi connectivity index (χ0n) is 10.8. The Hall–Kier alpha value is -0.860. The molecule has 106 valence electrons. The summed E-state index contributed by atoms with van der Waals surface area (Å²) in [6, 6.07) is 5.60. The summed E-state index contributed by atoms with van der Waals surface area (Å²) in [4.78, 5) is 12.2. The van der Waals surface area contributed by atoms with Crippen molar-refractivity contribution in [3.05, 3.63) is 33.5 Å². The minimum Gasteiger partial charge on any atom is -0.324 e. The summed E-state index contributed by atoms with van der Waals surface area (Å²) >= 11 is 8.16. The number of aromatic nitrogens is 3. The van der Waals surface area contributed by atoms with Crippen LogP contribution in [0.5, 0.6) is 0 Å². The fourth-order valence-electron chi connectivity index (χ4n) is 1.42. The molecular formula is C12H12Br2N4OS. The highest BCUT2D eigenvalue weighted by atomic mass is 79.9. The van der Waals surface area contributed by atoms with Crippen LogP contribution in [0.4, 0.5) is 5.69 Å². The number of nitrogens with one attached hydrogen (secondary N) is 1. The molecule has 0 aliphatic rings. The van der Waals surface area contributed by atoms with Crippen LogP contribution in [-0.4, -0.2) is 25.9 Å². The lowest BCUT2D eigenvalue weighted by atomic mass is 10.3. The number of benzene rings is 1. The van der Waals surface area contributed by atoms with Crippen molar-refractivity contribution in [2.45, 2.75) is 17.3 Å². The van der Waals surface area contributed by atoms with Crippen molar-refractivity contribution >= 4 is 55.2 Å². The van der Waals surface area contributed by atoms with E-state index in [1.54, 1.807) is 10.9 Å². The third kappa shape index (κ3) is 3.83. The smallest absolute Gasteiger partial charge is 0.237 e. The van der Waals surface area contributed by atoms with E-state index in [1.165, 1.54) is 11.8 Å². The molecule has 1 atom stereocenters. The second-order valence-corrected chi connectivity index (χ2v) is 7.18. The number of carbonyl (C=O) groups excluding carboxylic acids is 1. The molecule has 1 unspecified atom stereocenters. The van der Waals surface area contributed by atoms with Crippen molar-refractivity contribution < 1.29 is 4.79 Å². The minimum atomic E-state index is -0.270. The number of hydrogen-bond donors (Lipinski definition) is 1. The van der Waals surface area contributed by atoms with Gasteiger partial charge in [0.1, 0.15) is 6.33 Å². The molecule has 0 saturated heterocycles. The van der Waals surface area contributed by atoms with Crippen LogP contribution in [0.2, 0.25) is 0 Å². The van der Waals surface area contributed by atoms with E-state index in [2.05, 4.69) is 47.4 Å². The first-order chi connectivity index (χ1) is 9.47. The summed E-state index contributed by atoms with van der Waals surface area (Å²) in [6.07, 6.45) is 1.61. The summed E-state index contributed by atoms with van der Waals surface area (Å²) in [5, 5.41) is 11.1. The van der Waals surface area contributed by atoms with Gasteiger partial charge in [-0.25, -0.2) is 0 Å². The molecule has 2 aromatic rings. The molecule has 0 radical (unpaired) electrons. The monoisotopic (exact) mass is 418 g/mol. The van der Waals surface area contributed by atoms with E-state index in [1.807, 2.05) is 32.2 Å². The topological polar surface area (TPSA) is 59.8 Å². The van der Waals surface area contributed by atoms with Crippen LogP contribution in [0.25, 0.3) is 0 Å². The van der Waals surface area contributed by atoms with E-state index in [0.717, 1.165) is 14.6 Å². The first-order valence-electron chi connectivity index (χ1n) is 5.74. The Kier molecular flexibility index (Phi) is 5.22.